The maximum atomic E-state index is 12.1. The van der Waals surface area contributed by atoms with Crippen LogP contribution >= 0.6 is 11.6 Å². The van der Waals surface area contributed by atoms with Crippen LogP contribution in [0, 0.1) is 0 Å². The Kier molecular flexibility index (Phi) is 7.69. The molecule has 1 aliphatic rings. The Morgan fingerprint density at radius 3 is 2.69 bits per heavy atom. The van der Waals surface area contributed by atoms with Crippen molar-refractivity contribution in [3.63, 3.8) is 0 Å². The molecule has 1 fully saturated rings. The van der Waals surface area contributed by atoms with Crippen LogP contribution in [0.5, 0.6) is 5.75 Å². The number of ether oxygens (including phenoxy) is 1. The average molecular weight is 419 g/mol. The first-order valence-electron chi connectivity index (χ1n) is 9.79. The first kappa shape index (κ1) is 21.4. The number of aliphatic hydroxyl groups excluding tert-OH is 1. The number of hydrogen-bond donors (Lipinski definition) is 2. The molecule has 3 rings (SSSR count). The molecule has 0 aliphatic carbocycles. The second kappa shape index (κ2) is 10.4. The fraction of sp³-hybridized carbons (Fsp3) is 0.429. The third-order valence-electron chi connectivity index (χ3n) is 4.65. The number of benzene rings is 1. The number of amides is 1. The Morgan fingerprint density at radius 2 is 2.00 bits per heavy atom. The largest absolute Gasteiger partial charge is 0.484 e. The number of carbonyl (C=O) groups excluding carboxylic acids is 1. The van der Waals surface area contributed by atoms with Gasteiger partial charge < -0.3 is 20.1 Å². The lowest BCUT2D eigenvalue weighted by molar-refractivity contribution is -0.118. The van der Waals surface area contributed by atoms with Gasteiger partial charge in [-0.2, -0.15) is 0 Å². The van der Waals surface area contributed by atoms with E-state index in [1.165, 1.54) is 0 Å². The topological polar surface area (TPSA) is 77.9 Å². The van der Waals surface area contributed by atoms with Crippen LogP contribution in [0.2, 0.25) is 5.02 Å². The van der Waals surface area contributed by atoms with Gasteiger partial charge in [0.25, 0.3) is 5.91 Å². The maximum absolute atomic E-state index is 12.1. The zero-order valence-corrected chi connectivity index (χ0v) is 17.3. The molecule has 7 nitrogen and oxygen atoms in total. The molecule has 8 heteroatoms. The minimum absolute atomic E-state index is 0.0887. The second-order valence-corrected chi connectivity index (χ2v) is 7.62. The first-order valence-corrected chi connectivity index (χ1v) is 10.2. The Morgan fingerprint density at radius 1 is 1.21 bits per heavy atom. The van der Waals surface area contributed by atoms with Crippen LogP contribution in [0.25, 0.3) is 0 Å². The SMILES string of the molecule is CC(O)CN1CCCN(c2ccc(NC(=O)COc3ccc(Cl)cc3)cn2)CC1. The van der Waals surface area contributed by atoms with E-state index in [2.05, 4.69) is 20.1 Å². The standard InChI is InChI=1S/C21H27ClN4O3/c1-16(27)14-25-9-2-10-26(12-11-25)20-8-5-18(13-23-20)24-21(28)15-29-19-6-3-17(22)4-7-19/h3-8,13,16,27H,2,9-12,14-15H2,1H3,(H,24,28). The lowest BCUT2D eigenvalue weighted by Crippen LogP contribution is -2.35. The van der Waals surface area contributed by atoms with Gasteiger partial charge in [-0.05, 0) is 56.3 Å². The molecule has 2 aromatic rings. The maximum Gasteiger partial charge on any atom is 0.262 e. The Balaban J connectivity index is 1.48. The highest BCUT2D eigenvalue weighted by molar-refractivity contribution is 6.30. The zero-order chi connectivity index (χ0) is 20.6. The van der Waals surface area contributed by atoms with Crippen LogP contribution in [0.4, 0.5) is 11.5 Å². The molecule has 1 aromatic carbocycles. The van der Waals surface area contributed by atoms with Crippen molar-refractivity contribution in [1.82, 2.24) is 9.88 Å². The van der Waals surface area contributed by atoms with E-state index in [9.17, 15) is 9.90 Å². The summed E-state index contributed by atoms with van der Waals surface area (Å²) in [6.07, 6.45) is 2.37. The number of hydrogen-bond acceptors (Lipinski definition) is 6. The monoisotopic (exact) mass is 418 g/mol. The number of pyridine rings is 1. The van der Waals surface area contributed by atoms with Crippen LogP contribution < -0.4 is 15.0 Å². The molecule has 1 unspecified atom stereocenters. The third kappa shape index (κ3) is 6.88. The van der Waals surface area contributed by atoms with Crippen LogP contribution in [0.1, 0.15) is 13.3 Å². The molecule has 29 heavy (non-hydrogen) atoms. The van der Waals surface area contributed by atoms with Gasteiger partial charge in [-0.3, -0.25) is 9.69 Å². The van der Waals surface area contributed by atoms with Crippen molar-refractivity contribution in [3.05, 3.63) is 47.6 Å². The van der Waals surface area contributed by atoms with Crippen molar-refractivity contribution in [1.29, 1.82) is 0 Å². The van der Waals surface area contributed by atoms with Crippen LogP contribution in [0.3, 0.4) is 0 Å². The van der Waals surface area contributed by atoms with Gasteiger partial charge in [-0.1, -0.05) is 11.6 Å². The third-order valence-corrected chi connectivity index (χ3v) is 4.90. The van der Waals surface area contributed by atoms with Crippen molar-refractivity contribution in [2.24, 2.45) is 0 Å². The van der Waals surface area contributed by atoms with Gasteiger partial charge in [0.1, 0.15) is 11.6 Å². The van der Waals surface area contributed by atoms with Gasteiger partial charge in [-0.15, -0.1) is 0 Å². The number of nitrogens with zero attached hydrogens (tertiary/aromatic N) is 3. The summed E-state index contributed by atoms with van der Waals surface area (Å²) >= 11 is 5.83. The molecule has 0 radical (unpaired) electrons. The quantitative estimate of drug-likeness (QED) is 0.719. The molecule has 1 aliphatic heterocycles. The molecule has 0 spiro atoms. The second-order valence-electron chi connectivity index (χ2n) is 7.19. The summed E-state index contributed by atoms with van der Waals surface area (Å²) < 4.78 is 5.44. The van der Waals surface area contributed by atoms with Gasteiger partial charge in [0, 0.05) is 31.2 Å². The van der Waals surface area contributed by atoms with E-state index in [0.717, 1.165) is 38.4 Å². The summed E-state index contributed by atoms with van der Waals surface area (Å²) in [6.45, 7) is 6.08. The predicted octanol–water partition coefficient (Wildman–Crippen LogP) is 2.65. The Labute approximate surface area is 176 Å². The van der Waals surface area contributed by atoms with E-state index in [-0.39, 0.29) is 18.6 Å². The summed E-state index contributed by atoms with van der Waals surface area (Å²) in [5.74, 6) is 1.22. The molecule has 2 N–H and O–H groups in total. The normalized spacial score (nSPS) is 16.2. The predicted molar refractivity (Wildman–Crippen MR) is 115 cm³/mol. The number of nitrogens with one attached hydrogen (secondary N) is 1. The van der Waals surface area contributed by atoms with Crippen LogP contribution in [-0.4, -0.2) is 66.3 Å². The van der Waals surface area contributed by atoms with Crippen LogP contribution in [-0.2, 0) is 4.79 Å². The van der Waals surface area contributed by atoms with E-state index < -0.39 is 0 Å². The summed E-state index contributed by atoms with van der Waals surface area (Å²) in [5.41, 5.74) is 0.629. The highest BCUT2D eigenvalue weighted by Gasteiger charge is 2.17. The molecule has 1 aromatic heterocycles. The minimum Gasteiger partial charge on any atom is -0.484 e. The fourth-order valence-electron chi connectivity index (χ4n) is 3.28. The zero-order valence-electron chi connectivity index (χ0n) is 16.6. The number of carbonyl (C=O) groups is 1. The van der Waals surface area contributed by atoms with E-state index in [0.29, 0.717) is 23.0 Å². The van der Waals surface area contributed by atoms with Gasteiger partial charge in [-0.25, -0.2) is 4.98 Å². The van der Waals surface area contributed by atoms with E-state index in [4.69, 9.17) is 16.3 Å². The molecule has 156 valence electrons. The Bertz CT molecular complexity index is 784. The van der Waals surface area contributed by atoms with Crippen molar-refractivity contribution in [2.45, 2.75) is 19.4 Å². The number of rotatable bonds is 7. The molecule has 1 atom stereocenters. The number of halogens is 1. The number of aromatic nitrogens is 1. The van der Waals surface area contributed by atoms with Crippen molar-refractivity contribution in [3.8, 4) is 5.75 Å². The molecular weight excluding hydrogens is 392 g/mol. The molecule has 2 heterocycles. The average Bonchev–Trinajstić information content (AvgIpc) is 2.93. The first-order chi connectivity index (χ1) is 14.0. The van der Waals surface area contributed by atoms with E-state index in [1.54, 1.807) is 30.5 Å². The molecular formula is C21H27ClN4O3. The summed E-state index contributed by atoms with van der Waals surface area (Å²) in [7, 11) is 0. The highest BCUT2D eigenvalue weighted by atomic mass is 35.5. The summed E-state index contributed by atoms with van der Waals surface area (Å²) in [5, 5.41) is 13.0. The lowest BCUT2D eigenvalue weighted by Gasteiger charge is -2.23. The molecule has 1 saturated heterocycles. The van der Waals surface area contributed by atoms with Gasteiger partial charge in [0.2, 0.25) is 0 Å². The molecule has 0 saturated carbocycles. The van der Waals surface area contributed by atoms with E-state index >= 15 is 0 Å². The van der Waals surface area contributed by atoms with Gasteiger partial charge in [0.15, 0.2) is 6.61 Å². The van der Waals surface area contributed by atoms with Gasteiger partial charge >= 0.3 is 0 Å². The molecule has 1 amide bonds. The fourth-order valence-corrected chi connectivity index (χ4v) is 3.41. The summed E-state index contributed by atoms with van der Waals surface area (Å²) in [4.78, 5) is 21.1. The highest BCUT2D eigenvalue weighted by Crippen LogP contribution is 2.17. The van der Waals surface area contributed by atoms with Crippen LogP contribution in [0.15, 0.2) is 42.6 Å². The number of β-amino-alcohol motifs (C(OH)–C–C–N with tert-alkyl or cyclic N) is 1. The van der Waals surface area contributed by atoms with E-state index in [1.807, 2.05) is 19.1 Å². The summed E-state index contributed by atoms with van der Waals surface area (Å²) in [6, 6.07) is 10.6. The van der Waals surface area contributed by atoms with Crippen molar-refractivity contribution >= 4 is 29.0 Å². The van der Waals surface area contributed by atoms with Crippen molar-refractivity contribution in [2.75, 3.05) is 49.5 Å². The van der Waals surface area contributed by atoms with Gasteiger partial charge in [0.05, 0.1) is 18.0 Å². The lowest BCUT2D eigenvalue weighted by atomic mass is 10.3. The smallest absolute Gasteiger partial charge is 0.262 e. The van der Waals surface area contributed by atoms with Crippen molar-refractivity contribution < 1.29 is 14.6 Å². The number of anilines is 2. The molecule has 0 bridgehead atoms. The minimum atomic E-state index is -0.314. The Hall–Kier alpha value is -2.35. The number of aliphatic hydroxyl groups is 1.